The van der Waals surface area contributed by atoms with Crippen LogP contribution < -0.4 is 10.2 Å². The second-order valence-electron chi connectivity index (χ2n) is 10.1. The predicted molar refractivity (Wildman–Crippen MR) is 146 cm³/mol. The van der Waals surface area contributed by atoms with Crippen molar-refractivity contribution in [1.29, 1.82) is 5.26 Å². The third-order valence-electron chi connectivity index (χ3n) is 7.16. The number of hydrogen-bond acceptors (Lipinski definition) is 10. The van der Waals surface area contributed by atoms with Gasteiger partial charge in [0, 0.05) is 39.3 Å². The van der Waals surface area contributed by atoms with Crippen LogP contribution in [0.5, 0.6) is 0 Å². The van der Waals surface area contributed by atoms with E-state index in [-0.39, 0.29) is 56.9 Å². The molecule has 0 aromatic carbocycles. The van der Waals surface area contributed by atoms with Gasteiger partial charge in [-0.05, 0) is 31.2 Å². The number of alkyl halides is 3. The summed E-state index contributed by atoms with van der Waals surface area (Å²) in [5.74, 6) is -1.95. The third-order valence-corrected chi connectivity index (χ3v) is 7.16. The van der Waals surface area contributed by atoms with Gasteiger partial charge in [-0.15, -0.1) is 0 Å². The summed E-state index contributed by atoms with van der Waals surface area (Å²) in [6.07, 6.45) is -1.16. The molecule has 2 atom stereocenters. The highest BCUT2D eigenvalue weighted by molar-refractivity contribution is 5.93. The SMILES string of the molecule is C[C@@H]1CCN(C(=O)CC#N)C[C@@H]1N(C)c1ncnc2c1ccn2C(=O)OCCOC(=O)CCCCCNC(=O)C(F)(F)F. The van der Waals surface area contributed by atoms with Gasteiger partial charge in [0.2, 0.25) is 5.91 Å². The number of halogens is 3. The zero-order valence-corrected chi connectivity index (χ0v) is 23.9. The van der Waals surface area contributed by atoms with E-state index >= 15 is 0 Å². The van der Waals surface area contributed by atoms with E-state index in [4.69, 9.17) is 14.7 Å². The lowest BCUT2D eigenvalue weighted by molar-refractivity contribution is -0.173. The largest absolute Gasteiger partial charge is 0.471 e. The number of hydrogen-bond donors (Lipinski definition) is 1. The fourth-order valence-electron chi connectivity index (χ4n) is 4.78. The van der Waals surface area contributed by atoms with Crippen molar-refractivity contribution in [2.75, 3.05) is 44.8 Å². The van der Waals surface area contributed by atoms with Crippen molar-refractivity contribution in [3.63, 3.8) is 0 Å². The maximum absolute atomic E-state index is 12.7. The lowest BCUT2D eigenvalue weighted by Crippen LogP contribution is -2.52. The van der Waals surface area contributed by atoms with E-state index in [0.717, 1.165) is 6.42 Å². The minimum atomic E-state index is -4.92. The first-order valence-electron chi connectivity index (χ1n) is 13.8. The minimum absolute atomic E-state index is 0.0282. The Kier molecular flexibility index (Phi) is 11.7. The summed E-state index contributed by atoms with van der Waals surface area (Å²) in [5.41, 5.74) is 0.311. The molecule has 0 radical (unpaired) electrons. The van der Waals surface area contributed by atoms with Crippen LogP contribution >= 0.6 is 0 Å². The Morgan fingerprint density at radius 2 is 1.91 bits per heavy atom. The number of rotatable bonds is 12. The number of amides is 2. The smallest absolute Gasteiger partial charge is 0.462 e. The second kappa shape index (κ2) is 15.2. The van der Waals surface area contributed by atoms with E-state index in [2.05, 4.69) is 16.9 Å². The van der Waals surface area contributed by atoms with Gasteiger partial charge in [-0.25, -0.2) is 19.3 Å². The number of nitriles is 1. The van der Waals surface area contributed by atoms with Gasteiger partial charge in [0.25, 0.3) is 0 Å². The first kappa shape index (κ1) is 33.1. The molecule has 13 nitrogen and oxygen atoms in total. The van der Waals surface area contributed by atoms with E-state index in [0.29, 0.717) is 42.8 Å². The van der Waals surface area contributed by atoms with Crippen LogP contribution in [0.25, 0.3) is 11.0 Å². The molecule has 0 saturated carbocycles. The zero-order valence-electron chi connectivity index (χ0n) is 23.9. The quantitative estimate of drug-likeness (QED) is 0.280. The molecular weight excluding hydrogens is 575 g/mol. The zero-order chi connectivity index (χ0) is 31.6. The third kappa shape index (κ3) is 9.03. The molecule has 0 unspecified atom stereocenters. The first-order valence-corrected chi connectivity index (χ1v) is 13.8. The van der Waals surface area contributed by atoms with Crippen molar-refractivity contribution in [3.05, 3.63) is 18.6 Å². The number of likely N-dealkylation sites (N-methyl/N-ethyl adjacent to an activating group) is 1. The lowest BCUT2D eigenvalue weighted by atomic mass is 9.92. The van der Waals surface area contributed by atoms with Crippen molar-refractivity contribution in [2.24, 2.45) is 5.92 Å². The molecule has 43 heavy (non-hydrogen) atoms. The molecule has 0 spiro atoms. The van der Waals surface area contributed by atoms with Crippen molar-refractivity contribution in [3.8, 4) is 6.07 Å². The Hall–Kier alpha value is -4.42. The van der Waals surface area contributed by atoms with Gasteiger partial charge in [-0.3, -0.25) is 14.4 Å². The van der Waals surface area contributed by atoms with Gasteiger partial charge in [-0.1, -0.05) is 13.3 Å². The Balaban J connectivity index is 1.46. The maximum atomic E-state index is 12.7. The average Bonchev–Trinajstić information content (AvgIpc) is 3.41. The number of nitrogens with zero attached hydrogens (tertiary/aromatic N) is 6. The molecule has 0 bridgehead atoms. The highest BCUT2D eigenvalue weighted by Gasteiger charge is 2.38. The number of fused-ring (bicyclic) bond motifs is 1. The molecule has 3 rings (SSSR count). The molecule has 234 valence electrons. The van der Waals surface area contributed by atoms with E-state index in [1.54, 1.807) is 16.3 Å². The van der Waals surface area contributed by atoms with Crippen LogP contribution in [0.15, 0.2) is 18.6 Å². The fourth-order valence-corrected chi connectivity index (χ4v) is 4.78. The van der Waals surface area contributed by atoms with Crippen LogP contribution in [0.2, 0.25) is 0 Å². The highest BCUT2D eigenvalue weighted by atomic mass is 19.4. The molecule has 1 aliphatic heterocycles. The summed E-state index contributed by atoms with van der Waals surface area (Å²) in [5, 5.41) is 11.2. The Morgan fingerprint density at radius 1 is 1.16 bits per heavy atom. The topological polar surface area (TPSA) is 160 Å². The lowest BCUT2D eigenvalue weighted by Gasteiger charge is -2.42. The summed E-state index contributed by atoms with van der Waals surface area (Å²) < 4.78 is 47.8. The molecular formula is C27H34F3N7O6. The maximum Gasteiger partial charge on any atom is 0.471 e. The molecule has 1 fully saturated rings. The molecule has 1 saturated heterocycles. The number of carbonyl (C=O) groups is 4. The Morgan fingerprint density at radius 3 is 2.63 bits per heavy atom. The van der Waals surface area contributed by atoms with Gasteiger partial charge < -0.3 is 24.6 Å². The number of unbranched alkanes of at least 4 members (excludes halogenated alkanes) is 2. The number of carbonyl (C=O) groups excluding carboxylic acids is 4. The molecule has 2 aromatic rings. The van der Waals surface area contributed by atoms with Gasteiger partial charge >= 0.3 is 24.1 Å². The van der Waals surface area contributed by atoms with Crippen LogP contribution in [0.4, 0.5) is 23.8 Å². The van der Waals surface area contributed by atoms with E-state index in [1.165, 1.54) is 17.1 Å². The van der Waals surface area contributed by atoms with Crippen LogP contribution in [0.1, 0.15) is 45.4 Å². The summed E-state index contributed by atoms with van der Waals surface area (Å²) >= 11 is 0. The predicted octanol–water partition coefficient (Wildman–Crippen LogP) is 2.78. The van der Waals surface area contributed by atoms with E-state index < -0.39 is 24.1 Å². The Bertz CT molecular complexity index is 1340. The van der Waals surface area contributed by atoms with Crippen molar-refractivity contribution in [2.45, 2.75) is 57.7 Å². The number of piperidine rings is 1. The number of esters is 1. The highest BCUT2D eigenvalue weighted by Crippen LogP contribution is 2.29. The molecule has 16 heteroatoms. The van der Waals surface area contributed by atoms with Gasteiger partial charge in [0.05, 0.1) is 17.5 Å². The van der Waals surface area contributed by atoms with E-state index in [1.807, 2.05) is 18.0 Å². The number of anilines is 1. The molecule has 0 aliphatic carbocycles. The van der Waals surface area contributed by atoms with Crippen LogP contribution in [-0.2, 0) is 23.9 Å². The summed E-state index contributed by atoms with van der Waals surface area (Å²) in [4.78, 5) is 59.9. The minimum Gasteiger partial charge on any atom is -0.462 e. The van der Waals surface area contributed by atoms with Crippen molar-refractivity contribution < 1.29 is 41.8 Å². The van der Waals surface area contributed by atoms with Crippen LogP contribution in [-0.4, -0.2) is 95.4 Å². The van der Waals surface area contributed by atoms with Crippen LogP contribution in [0.3, 0.4) is 0 Å². The van der Waals surface area contributed by atoms with Crippen molar-refractivity contribution >= 4 is 40.7 Å². The molecule has 1 N–H and O–H groups in total. The fraction of sp³-hybridized carbons (Fsp3) is 0.593. The van der Waals surface area contributed by atoms with Crippen molar-refractivity contribution in [1.82, 2.24) is 24.8 Å². The molecule has 1 aliphatic rings. The second-order valence-corrected chi connectivity index (χ2v) is 10.1. The number of likely N-dealkylation sites (tertiary alicyclic amines) is 1. The molecule has 3 heterocycles. The standard InChI is InChI=1S/C27H34F3N7O6/c1-18-8-12-36(21(38)7-10-31)16-20(18)35(2)23-19-9-13-37(24(19)34-17-33-23)26(41)43-15-14-42-22(39)6-4-3-5-11-32-25(40)27(28,29)30/h9,13,17-18,20H,3-8,11-12,14-16H2,1-2H3,(H,32,40)/t18-,20+/m1/s1. The average molecular weight is 610 g/mol. The number of ether oxygens (including phenoxy) is 2. The number of aromatic nitrogens is 3. The summed E-state index contributed by atoms with van der Waals surface area (Å²) in [6.45, 7) is 2.56. The summed E-state index contributed by atoms with van der Waals surface area (Å²) in [6, 6.07) is 3.51. The van der Waals surface area contributed by atoms with Gasteiger partial charge in [0.1, 0.15) is 31.8 Å². The first-order chi connectivity index (χ1) is 20.4. The Labute approximate surface area is 245 Å². The molecule has 2 aromatic heterocycles. The van der Waals surface area contributed by atoms with E-state index in [9.17, 15) is 32.3 Å². The van der Waals surface area contributed by atoms with Crippen LogP contribution in [0, 0.1) is 17.2 Å². The molecule has 2 amide bonds. The van der Waals surface area contributed by atoms with Gasteiger partial charge in [-0.2, -0.15) is 18.4 Å². The van der Waals surface area contributed by atoms with Gasteiger partial charge in [0.15, 0.2) is 5.65 Å². The number of nitrogens with one attached hydrogen (secondary N) is 1. The normalized spacial score (nSPS) is 16.8. The monoisotopic (exact) mass is 609 g/mol. The summed E-state index contributed by atoms with van der Waals surface area (Å²) in [7, 11) is 1.86.